The van der Waals surface area contributed by atoms with Crippen molar-refractivity contribution >= 4 is 28.9 Å². The first-order valence-corrected chi connectivity index (χ1v) is 12.2. The molecule has 5 rings (SSSR count). The number of rotatable bonds is 5. The van der Waals surface area contributed by atoms with Crippen LogP contribution in [0.15, 0.2) is 6.33 Å². The maximum Gasteiger partial charge on any atom is 0.308 e. The van der Waals surface area contributed by atoms with E-state index in [4.69, 9.17) is 15.2 Å². The van der Waals surface area contributed by atoms with Gasteiger partial charge in [0, 0.05) is 12.5 Å². The average Bonchev–Trinajstić information content (AvgIpc) is 3.51. The van der Waals surface area contributed by atoms with E-state index in [1.807, 2.05) is 0 Å². The number of aliphatic hydroxyl groups is 2. The van der Waals surface area contributed by atoms with Crippen LogP contribution >= 0.6 is 0 Å². The number of ether oxygens (including phenoxy) is 2. The van der Waals surface area contributed by atoms with Crippen molar-refractivity contribution in [3.05, 3.63) is 12.2 Å². The summed E-state index contributed by atoms with van der Waals surface area (Å²) in [6, 6.07) is 0.0927. The zero-order chi connectivity index (χ0) is 25.4. The van der Waals surface area contributed by atoms with Gasteiger partial charge in [-0.1, -0.05) is 5.92 Å². The first-order valence-electron chi connectivity index (χ1n) is 12.2. The van der Waals surface area contributed by atoms with E-state index in [0.29, 0.717) is 17.9 Å². The molecule has 2 saturated carbocycles. The summed E-state index contributed by atoms with van der Waals surface area (Å²) >= 11 is 0. The molecule has 36 heavy (non-hydrogen) atoms. The molecule has 2 aliphatic carbocycles. The SMILES string of the molecule is COC(=O)C1CCC(CC#Cc2nc(N)c3ncn(C4OC(C(=O)NC5CC5)C(O)C4O)c3n2)CC1. The van der Waals surface area contributed by atoms with Gasteiger partial charge in [-0.25, -0.2) is 15.0 Å². The zero-order valence-corrected chi connectivity index (χ0v) is 20.0. The van der Waals surface area contributed by atoms with E-state index in [-0.39, 0.29) is 35.2 Å². The summed E-state index contributed by atoms with van der Waals surface area (Å²) < 4.78 is 12.0. The van der Waals surface area contributed by atoms with Crippen molar-refractivity contribution < 1.29 is 29.3 Å². The van der Waals surface area contributed by atoms with Gasteiger partial charge < -0.3 is 30.7 Å². The van der Waals surface area contributed by atoms with Gasteiger partial charge in [-0.3, -0.25) is 14.2 Å². The number of carbonyl (C=O) groups excluding carboxylic acids is 2. The Bertz CT molecular complexity index is 1210. The van der Waals surface area contributed by atoms with Crippen LogP contribution in [-0.4, -0.2) is 73.1 Å². The van der Waals surface area contributed by atoms with Crippen molar-refractivity contribution in [1.82, 2.24) is 24.8 Å². The van der Waals surface area contributed by atoms with E-state index in [1.165, 1.54) is 18.0 Å². The number of aliphatic hydroxyl groups excluding tert-OH is 2. The van der Waals surface area contributed by atoms with E-state index >= 15 is 0 Å². The molecular formula is C24H30N6O6. The highest BCUT2D eigenvalue weighted by molar-refractivity contribution is 5.83. The number of nitrogen functional groups attached to an aromatic ring is 1. The molecule has 0 radical (unpaired) electrons. The van der Waals surface area contributed by atoms with Crippen molar-refractivity contribution in [2.45, 2.75) is 75.5 Å². The molecular weight excluding hydrogens is 468 g/mol. The number of aromatic nitrogens is 4. The number of carbonyl (C=O) groups is 2. The van der Waals surface area contributed by atoms with Gasteiger partial charge in [0.15, 0.2) is 23.8 Å². The lowest BCUT2D eigenvalue weighted by atomic mass is 9.81. The summed E-state index contributed by atoms with van der Waals surface area (Å²) in [6.45, 7) is 0. The van der Waals surface area contributed by atoms with E-state index in [0.717, 1.165) is 38.5 Å². The van der Waals surface area contributed by atoms with Gasteiger partial charge in [0.2, 0.25) is 5.82 Å². The minimum absolute atomic E-state index is 0.0314. The first kappa shape index (κ1) is 24.4. The van der Waals surface area contributed by atoms with Crippen LogP contribution < -0.4 is 11.1 Å². The highest BCUT2D eigenvalue weighted by atomic mass is 16.6. The van der Waals surface area contributed by atoms with Gasteiger partial charge in [0.1, 0.15) is 17.7 Å². The number of fused-ring (bicyclic) bond motifs is 1. The maximum absolute atomic E-state index is 12.4. The number of hydrogen-bond acceptors (Lipinski definition) is 10. The van der Waals surface area contributed by atoms with Crippen LogP contribution in [0.3, 0.4) is 0 Å². The molecule has 12 nitrogen and oxygen atoms in total. The summed E-state index contributed by atoms with van der Waals surface area (Å²) in [5, 5.41) is 23.8. The third-order valence-corrected chi connectivity index (χ3v) is 7.12. The molecule has 3 aliphatic rings. The van der Waals surface area contributed by atoms with Crippen molar-refractivity contribution in [2.75, 3.05) is 12.8 Å². The number of nitrogens with two attached hydrogens (primary N) is 1. The van der Waals surface area contributed by atoms with E-state index in [9.17, 15) is 19.8 Å². The van der Waals surface area contributed by atoms with Crippen LogP contribution in [0, 0.1) is 23.7 Å². The number of methoxy groups -OCH3 is 1. The third kappa shape index (κ3) is 4.86. The van der Waals surface area contributed by atoms with E-state index < -0.39 is 30.4 Å². The molecule has 12 heteroatoms. The minimum Gasteiger partial charge on any atom is -0.469 e. The van der Waals surface area contributed by atoms with E-state index in [2.05, 4.69) is 32.1 Å². The fourth-order valence-electron chi connectivity index (χ4n) is 4.84. The van der Waals surface area contributed by atoms with Crippen molar-refractivity contribution in [1.29, 1.82) is 0 Å². The topological polar surface area (TPSA) is 175 Å². The number of anilines is 1. The van der Waals surface area contributed by atoms with Gasteiger partial charge in [-0.2, -0.15) is 0 Å². The number of imidazole rings is 1. The van der Waals surface area contributed by atoms with Gasteiger partial charge in [0.25, 0.3) is 5.91 Å². The van der Waals surface area contributed by atoms with Crippen LogP contribution in [0.2, 0.25) is 0 Å². The van der Waals surface area contributed by atoms with Crippen LogP contribution in [0.1, 0.15) is 57.0 Å². The largest absolute Gasteiger partial charge is 0.469 e. The van der Waals surface area contributed by atoms with Gasteiger partial charge in [-0.15, -0.1) is 0 Å². The minimum atomic E-state index is -1.40. The van der Waals surface area contributed by atoms with Crippen LogP contribution in [0.25, 0.3) is 11.2 Å². The van der Waals surface area contributed by atoms with Crippen LogP contribution in [-0.2, 0) is 19.1 Å². The average molecular weight is 499 g/mol. The van der Waals surface area contributed by atoms with Crippen molar-refractivity contribution in [2.24, 2.45) is 11.8 Å². The molecule has 2 aromatic heterocycles. The molecule has 1 aliphatic heterocycles. The molecule has 3 heterocycles. The molecule has 0 bridgehead atoms. The number of hydrogen-bond donors (Lipinski definition) is 4. The smallest absolute Gasteiger partial charge is 0.308 e. The maximum atomic E-state index is 12.4. The second-order valence-corrected chi connectivity index (χ2v) is 9.71. The fourth-order valence-corrected chi connectivity index (χ4v) is 4.84. The molecule has 5 N–H and O–H groups in total. The summed E-state index contributed by atoms with van der Waals surface area (Å²) in [7, 11) is 1.42. The number of nitrogens with zero attached hydrogens (tertiary/aromatic N) is 4. The second kappa shape index (κ2) is 10.0. The summed E-state index contributed by atoms with van der Waals surface area (Å²) in [5.74, 6) is 6.13. The lowest BCUT2D eigenvalue weighted by Crippen LogP contribution is -2.43. The van der Waals surface area contributed by atoms with Gasteiger partial charge in [0.05, 0.1) is 19.4 Å². The molecule has 4 unspecified atom stereocenters. The fraction of sp³-hybridized carbons (Fsp3) is 0.625. The standard InChI is InChI=1S/C24H30N6O6/c1-35-24(34)13-7-5-12(6-8-13)3-2-4-15-28-20(25)16-21(29-15)30(11-26-16)23-18(32)17(31)19(36-23)22(33)27-14-9-10-14/h11-14,17-19,23,31-32H,3,5-10H2,1H3,(H,27,33)(H2,25,28,29). The third-order valence-electron chi connectivity index (χ3n) is 7.12. The highest BCUT2D eigenvalue weighted by Gasteiger charge is 2.48. The number of nitrogens with one attached hydrogen (secondary N) is 1. The Labute approximate surface area is 207 Å². The first-order chi connectivity index (χ1) is 17.4. The van der Waals surface area contributed by atoms with Crippen molar-refractivity contribution in [3.63, 3.8) is 0 Å². The summed E-state index contributed by atoms with van der Waals surface area (Å²) in [6.07, 6.45) is 2.12. The summed E-state index contributed by atoms with van der Waals surface area (Å²) in [4.78, 5) is 37.0. The molecule has 4 atom stereocenters. The molecule has 1 amide bonds. The van der Waals surface area contributed by atoms with Gasteiger partial charge in [-0.05, 0) is 50.4 Å². The molecule has 1 saturated heterocycles. The Morgan fingerprint density at radius 1 is 1.19 bits per heavy atom. The number of esters is 1. The van der Waals surface area contributed by atoms with E-state index in [1.54, 1.807) is 0 Å². The predicted octanol–water partition coefficient (Wildman–Crippen LogP) is 0.0273. The zero-order valence-electron chi connectivity index (χ0n) is 20.0. The highest BCUT2D eigenvalue weighted by Crippen LogP contribution is 2.33. The molecule has 192 valence electrons. The Morgan fingerprint density at radius 2 is 1.94 bits per heavy atom. The number of amides is 1. The molecule has 3 fully saturated rings. The van der Waals surface area contributed by atoms with Crippen molar-refractivity contribution in [3.8, 4) is 11.8 Å². The molecule has 0 spiro atoms. The summed E-state index contributed by atoms with van der Waals surface area (Å²) in [5.41, 5.74) is 6.67. The van der Waals surface area contributed by atoms with Crippen LogP contribution in [0.4, 0.5) is 5.82 Å². The Balaban J connectivity index is 1.29. The van der Waals surface area contributed by atoms with Gasteiger partial charge >= 0.3 is 5.97 Å². The van der Waals surface area contributed by atoms with Crippen LogP contribution in [0.5, 0.6) is 0 Å². The Kier molecular flexibility index (Phi) is 6.79. The predicted molar refractivity (Wildman–Crippen MR) is 126 cm³/mol. The normalized spacial score (nSPS) is 30.0. The Hall–Kier alpha value is -3.27. The quantitative estimate of drug-likeness (QED) is 0.325. The lowest BCUT2D eigenvalue weighted by Gasteiger charge is -2.25. The second-order valence-electron chi connectivity index (χ2n) is 9.71. The Morgan fingerprint density at radius 3 is 2.64 bits per heavy atom. The molecule has 0 aromatic carbocycles. The monoisotopic (exact) mass is 498 g/mol. The molecule has 2 aromatic rings. The lowest BCUT2D eigenvalue weighted by molar-refractivity contribution is -0.146.